The van der Waals surface area contributed by atoms with Crippen LogP contribution in [0.4, 0.5) is 10.1 Å². The summed E-state index contributed by atoms with van der Waals surface area (Å²) in [6.07, 6.45) is 0. The number of primary amides is 1. The van der Waals surface area contributed by atoms with E-state index in [1.165, 1.54) is 31.3 Å². The number of hydrogen-bond donors (Lipinski definition) is 4. The van der Waals surface area contributed by atoms with Crippen molar-refractivity contribution in [3.05, 3.63) is 65.0 Å². The number of carbonyl (C=O) groups excluding carboxylic acids is 3. The first-order valence-electron chi connectivity index (χ1n) is 8.79. The van der Waals surface area contributed by atoms with Gasteiger partial charge in [0.15, 0.2) is 5.54 Å². The molecule has 2 aromatic rings. The monoisotopic (exact) mass is 397 g/mol. The van der Waals surface area contributed by atoms with Crippen molar-refractivity contribution < 1.29 is 18.8 Å². The molecule has 0 saturated carbocycles. The first-order valence-corrected chi connectivity index (χ1v) is 8.79. The third kappa shape index (κ3) is 3.59. The molecule has 1 unspecified atom stereocenters. The Bertz CT molecular complexity index is 1020. The molecule has 2 aromatic carbocycles. The van der Waals surface area contributed by atoms with E-state index in [9.17, 15) is 18.8 Å². The third-order valence-electron chi connectivity index (χ3n) is 4.76. The normalized spacial score (nSPS) is 18.1. The number of halogens is 1. The van der Waals surface area contributed by atoms with Crippen LogP contribution in [0.25, 0.3) is 0 Å². The van der Waals surface area contributed by atoms with E-state index >= 15 is 0 Å². The minimum absolute atomic E-state index is 0.0185. The van der Waals surface area contributed by atoms with Gasteiger partial charge in [0.05, 0.1) is 6.67 Å². The zero-order valence-corrected chi connectivity index (χ0v) is 15.9. The number of aryl methyl sites for hydroxylation is 1. The number of aliphatic imine (C=N–C) groups is 1. The number of rotatable bonds is 5. The Morgan fingerprint density at radius 3 is 2.41 bits per heavy atom. The van der Waals surface area contributed by atoms with Crippen molar-refractivity contribution in [1.82, 2.24) is 10.6 Å². The lowest BCUT2D eigenvalue weighted by atomic mass is 9.83. The molecule has 0 aromatic heterocycles. The van der Waals surface area contributed by atoms with Gasteiger partial charge in [-0.1, -0.05) is 12.1 Å². The fourth-order valence-electron chi connectivity index (χ4n) is 3.22. The molecule has 5 N–H and O–H groups in total. The van der Waals surface area contributed by atoms with Crippen LogP contribution in [0.2, 0.25) is 0 Å². The minimum Gasteiger partial charge on any atom is -0.367 e. The molecule has 0 spiro atoms. The summed E-state index contributed by atoms with van der Waals surface area (Å²) < 4.78 is 13.0. The molecule has 29 heavy (non-hydrogen) atoms. The van der Waals surface area contributed by atoms with E-state index < -0.39 is 29.1 Å². The Kier molecular flexibility index (Phi) is 5.42. The number of amides is 3. The number of hydrogen-bond acceptors (Lipinski definition) is 5. The molecular weight excluding hydrogens is 377 g/mol. The molecule has 3 rings (SSSR count). The lowest BCUT2D eigenvalue weighted by Gasteiger charge is -2.28. The summed E-state index contributed by atoms with van der Waals surface area (Å²) in [5, 5.41) is 8.11. The zero-order chi connectivity index (χ0) is 21.2. The largest absolute Gasteiger partial charge is 0.367 e. The predicted octanol–water partition coefficient (Wildman–Crippen LogP) is 0.815. The summed E-state index contributed by atoms with van der Waals surface area (Å²) >= 11 is 0. The molecule has 0 fully saturated rings. The van der Waals surface area contributed by atoms with Crippen LogP contribution in [0.3, 0.4) is 0 Å². The van der Waals surface area contributed by atoms with E-state index in [1.54, 1.807) is 25.1 Å². The van der Waals surface area contributed by atoms with Gasteiger partial charge in [0, 0.05) is 18.3 Å². The lowest BCUT2D eigenvalue weighted by molar-refractivity contribution is -0.123. The number of benzene rings is 2. The van der Waals surface area contributed by atoms with Crippen molar-refractivity contribution in [2.45, 2.75) is 12.5 Å². The van der Waals surface area contributed by atoms with Crippen molar-refractivity contribution in [3.8, 4) is 0 Å². The summed E-state index contributed by atoms with van der Waals surface area (Å²) in [6, 6.07) is 10.0. The molecule has 1 heterocycles. The van der Waals surface area contributed by atoms with Crippen molar-refractivity contribution in [2.75, 3.05) is 19.0 Å². The van der Waals surface area contributed by atoms with E-state index in [0.29, 0.717) is 22.4 Å². The van der Waals surface area contributed by atoms with Crippen LogP contribution in [-0.4, -0.2) is 37.1 Å². The first-order chi connectivity index (χ1) is 13.8. The van der Waals surface area contributed by atoms with Crippen LogP contribution >= 0.6 is 0 Å². The zero-order valence-electron chi connectivity index (χ0n) is 15.9. The fourth-order valence-corrected chi connectivity index (χ4v) is 3.22. The predicted molar refractivity (Wildman–Crippen MR) is 106 cm³/mol. The Morgan fingerprint density at radius 1 is 1.14 bits per heavy atom. The Balaban J connectivity index is 1.93. The second-order valence-corrected chi connectivity index (χ2v) is 6.53. The average Bonchev–Trinajstić information content (AvgIpc) is 3.15. The van der Waals surface area contributed by atoms with Gasteiger partial charge >= 0.3 is 0 Å². The number of nitrogens with two attached hydrogens (primary N) is 1. The molecule has 1 aliphatic rings. The van der Waals surface area contributed by atoms with Gasteiger partial charge in [0.1, 0.15) is 11.5 Å². The van der Waals surface area contributed by atoms with Gasteiger partial charge < -0.3 is 16.4 Å². The van der Waals surface area contributed by atoms with Crippen LogP contribution < -0.4 is 21.7 Å². The van der Waals surface area contributed by atoms with E-state index in [1.807, 2.05) is 0 Å². The second-order valence-electron chi connectivity index (χ2n) is 6.53. The summed E-state index contributed by atoms with van der Waals surface area (Å²) in [5.74, 6) is -2.12. The van der Waals surface area contributed by atoms with Crippen LogP contribution in [-0.2, 0) is 15.1 Å². The van der Waals surface area contributed by atoms with Gasteiger partial charge in [-0.05, 0) is 48.4 Å². The standard InChI is InChI=1S/C20H20FN5O3/c1-11-9-13(20(19(22)29)16(18(28)23-2)24-10-25-20)5-8-15(11)26-17(27)12-3-6-14(21)7-4-12/h3-9,25H,10H2,1-2H3,(H2,22,29)(H,23,28)(H,26,27). The summed E-state index contributed by atoms with van der Waals surface area (Å²) in [4.78, 5) is 41.0. The highest BCUT2D eigenvalue weighted by atomic mass is 19.1. The number of nitrogens with zero attached hydrogens (tertiary/aromatic N) is 1. The molecule has 0 aliphatic carbocycles. The molecule has 0 saturated heterocycles. The van der Waals surface area contributed by atoms with Crippen LogP contribution in [0.15, 0.2) is 47.5 Å². The second kappa shape index (κ2) is 7.80. The average molecular weight is 397 g/mol. The fraction of sp³-hybridized carbons (Fsp3) is 0.200. The summed E-state index contributed by atoms with van der Waals surface area (Å²) in [5.41, 5.74) is 5.93. The molecule has 0 bridgehead atoms. The van der Waals surface area contributed by atoms with Crippen molar-refractivity contribution in [1.29, 1.82) is 0 Å². The van der Waals surface area contributed by atoms with Crippen LogP contribution in [0.1, 0.15) is 21.5 Å². The van der Waals surface area contributed by atoms with Crippen molar-refractivity contribution >= 4 is 29.1 Å². The number of anilines is 1. The van der Waals surface area contributed by atoms with Gasteiger partial charge in [0.25, 0.3) is 11.8 Å². The number of carbonyl (C=O) groups is 3. The Labute approximate surface area is 166 Å². The van der Waals surface area contributed by atoms with E-state index in [2.05, 4.69) is 20.9 Å². The molecule has 150 valence electrons. The quantitative estimate of drug-likeness (QED) is 0.596. The van der Waals surface area contributed by atoms with Gasteiger partial charge in [-0.3, -0.25) is 24.7 Å². The van der Waals surface area contributed by atoms with E-state index in [0.717, 1.165) is 0 Å². The molecular formula is C20H20FN5O3. The van der Waals surface area contributed by atoms with Crippen LogP contribution in [0.5, 0.6) is 0 Å². The third-order valence-corrected chi connectivity index (χ3v) is 4.76. The molecule has 3 amide bonds. The van der Waals surface area contributed by atoms with Gasteiger partial charge in [-0.25, -0.2) is 4.39 Å². The van der Waals surface area contributed by atoms with Gasteiger partial charge in [-0.15, -0.1) is 0 Å². The van der Waals surface area contributed by atoms with Gasteiger partial charge in [0.2, 0.25) is 5.91 Å². The summed E-state index contributed by atoms with van der Waals surface area (Å²) in [7, 11) is 1.44. The highest BCUT2D eigenvalue weighted by Crippen LogP contribution is 2.30. The molecule has 1 aliphatic heterocycles. The van der Waals surface area contributed by atoms with Gasteiger partial charge in [-0.2, -0.15) is 0 Å². The SMILES string of the molecule is CNC(=O)C1=NCNC1(C(N)=O)c1ccc(NC(=O)c2ccc(F)cc2)c(C)c1. The molecule has 1 atom stereocenters. The molecule has 9 heteroatoms. The number of nitrogens with one attached hydrogen (secondary N) is 3. The highest BCUT2D eigenvalue weighted by molar-refractivity contribution is 6.47. The minimum atomic E-state index is -1.57. The van der Waals surface area contributed by atoms with Crippen molar-refractivity contribution in [3.63, 3.8) is 0 Å². The van der Waals surface area contributed by atoms with E-state index in [4.69, 9.17) is 5.73 Å². The molecule has 8 nitrogen and oxygen atoms in total. The maximum atomic E-state index is 13.0. The summed E-state index contributed by atoms with van der Waals surface area (Å²) in [6.45, 7) is 1.80. The topological polar surface area (TPSA) is 126 Å². The van der Waals surface area contributed by atoms with Crippen molar-refractivity contribution in [2.24, 2.45) is 10.7 Å². The highest BCUT2D eigenvalue weighted by Gasteiger charge is 2.49. The lowest BCUT2D eigenvalue weighted by Crippen LogP contribution is -2.58. The Morgan fingerprint density at radius 2 is 1.83 bits per heavy atom. The van der Waals surface area contributed by atoms with Crippen LogP contribution in [0, 0.1) is 12.7 Å². The maximum Gasteiger partial charge on any atom is 0.267 e. The molecule has 0 radical (unpaired) electrons. The Hall–Kier alpha value is -3.59. The maximum absolute atomic E-state index is 13.0. The first kappa shape index (κ1) is 20.2. The van der Waals surface area contributed by atoms with E-state index in [-0.39, 0.29) is 12.4 Å². The smallest absolute Gasteiger partial charge is 0.267 e.